The summed E-state index contributed by atoms with van der Waals surface area (Å²) in [7, 11) is 1.39. The topological polar surface area (TPSA) is 84.4 Å². The minimum atomic E-state index is -0.326. The zero-order valence-corrected chi connectivity index (χ0v) is 12.3. The molecule has 1 amide bonds. The van der Waals surface area contributed by atoms with Gasteiger partial charge in [0.25, 0.3) is 5.91 Å². The molecule has 1 N–H and O–H groups in total. The number of methoxy groups -OCH3 is 1. The smallest absolute Gasteiger partial charge is 0.328 e. The molecule has 0 aliphatic carbocycles. The Hall–Kier alpha value is -2.18. The molecule has 1 saturated heterocycles. The molecule has 1 unspecified atom stereocenters. The van der Waals surface area contributed by atoms with Gasteiger partial charge >= 0.3 is 5.97 Å². The van der Waals surface area contributed by atoms with Crippen LogP contribution in [0, 0.1) is 0 Å². The minimum absolute atomic E-state index is 0.250. The third-order valence-electron chi connectivity index (χ3n) is 3.49. The lowest BCUT2D eigenvalue weighted by Crippen LogP contribution is -2.46. The highest BCUT2D eigenvalue weighted by Crippen LogP contribution is 2.23. The predicted octanol–water partition coefficient (Wildman–Crippen LogP) is 0.758. The number of hydrogen-bond acceptors (Lipinski definition) is 6. The second-order valence-corrected chi connectivity index (χ2v) is 4.86. The van der Waals surface area contributed by atoms with Crippen molar-refractivity contribution in [1.82, 2.24) is 15.5 Å². The lowest BCUT2D eigenvalue weighted by atomic mass is 10.0. The first-order valence-electron chi connectivity index (χ1n) is 7.13. The number of aromatic nitrogens is 2. The van der Waals surface area contributed by atoms with Gasteiger partial charge in [-0.05, 0) is 38.3 Å². The summed E-state index contributed by atoms with van der Waals surface area (Å²) in [6.45, 7) is 3.11. The number of hydrogen-bond donors (Lipinski definition) is 1. The van der Waals surface area contributed by atoms with Crippen molar-refractivity contribution in [3.63, 3.8) is 0 Å². The number of anilines is 1. The van der Waals surface area contributed by atoms with E-state index < -0.39 is 0 Å². The second kappa shape index (κ2) is 7.01. The Kier molecular flexibility index (Phi) is 5.08. The van der Waals surface area contributed by atoms with Gasteiger partial charge in [0.05, 0.1) is 7.11 Å². The van der Waals surface area contributed by atoms with Crippen molar-refractivity contribution in [2.75, 3.05) is 25.1 Å². The van der Waals surface area contributed by atoms with Crippen LogP contribution in [0.15, 0.2) is 12.1 Å². The van der Waals surface area contributed by atoms with Crippen molar-refractivity contribution in [2.24, 2.45) is 0 Å². The van der Waals surface area contributed by atoms with Gasteiger partial charge in [-0.1, -0.05) is 0 Å². The highest BCUT2D eigenvalue weighted by molar-refractivity contribution is 5.92. The Morgan fingerprint density at radius 3 is 2.81 bits per heavy atom. The summed E-state index contributed by atoms with van der Waals surface area (Å²) in [4.78, 5) is 25.4. The third kappa shape index (κ3) is 3.48. The number of nitrogens with zero attached hydrogens (tertiary/aromatic N) is 3. The van der Waals surface area contributed by atoms with E-state index in [1.807, 2.05) is 11.8 Å². The zero-order chi connectivity index (χ0) is 15.2. The Morgan fingerprint density at radius 2 is 2.19 bits per heavy atom. The van der Waals surface area contributed by atoms with E-state index in [2.05, 4.69) is 15.5 Å². The predicted molar refractivity (Wildman–Crippen MR) is 77.0 cm³/mol. The average molecular weight is 292 g/mol. The van der Waals surface area contributed by atoms with E-state index in [0.29, 0.717) is 12.4 Å². The highest BCUT2D eigenvalue weighted by Gasteiger charge is 2.30. The molecule has 0 bridgehead atoms. The maximum atomic E-state index is 11.8. The lowest BCUT2D eigenvalue weighted by Gasteiger charge is -2.34. The molecule has 0 saturated carbocycles. The van der Waals surface area contributed by atoms with Gasteiger partial charge in [-0.3, -0.25) is 4.79 Å². The Balaban J connectivity index is 2.16. The van der Waals surface area contributed by atoms with Crippen molar-refractivity contribution >= 4 is 17.7 Å². The van der Waals surface area contributed by atoms with Crippen molar-refractivity contribution in [3.05, 3.63) is 17.8 Å². The molecule has 0 aromatic carbocycles. The molecule has 0 spiro atoms. The van der Waals surface area contributed by atoms with Crippen LogP contribution in [0.5, 0.6) is 0 Å². The van der Waals surface area contributed by atoms with Crippen LogP contribution in [-0.4, -0.2) is 48.3 Å². The van der Waals surface area contributed by atoms with Crippen molar-refractivity contribution in [2.45, 2.75) is 32.2 Å². The second-order valence-electron chi connectivity index (χ2n) is 4.86. The summed E-state index contributed by atoms with van der Waals surface area (Å²) in [5.41, 5.74) is 0.271. The Bertz CT molecular complexity index is 503. The maximum absolute atomic E-state index is 11.8. The van der Waals surface area contributed by atoms with E-state index in [1.54, 1.807) is 12.1 Å². The monoisotopic (exact) mass is 292 g/mol. The summed E-state index contributed by atoms with van der Waals surface area (Å²) in [6.07, 6.45) is 2.72. The van der Waals surface area contributed by atoms with Gasteiger partial charge in [0, 0.05) is 13.1 Å². The molecule has 1 atom stereocenters. The molecule has 1 aromatic heterocycles. The number of ether oxygens (including phenoxy) is 1. The zero-order valence-electron chi connectivity index (χ0n) is 12.3. The number of carbonyl (C=O) groups is 2. The van der Waals surface area contributed by atoms with Crippen LogP contribution in [0.1, 0.15) is 36.7 Å². The van der Waals surface area contributed by atoms with Crippen LogP contribution in [0.25, 0.3) is 0 Å². The molecule has 2 heterocycles. The van der Waals surface area contributed by atoms with Crippen molar-refractivity contribution in [3.8, 4) is 0 Å². The van der Waals surface area contributed by atoms with Gasteiger partial charge in [-0.15, -0.1) is 10.2 Å². The van der Waals surface area contributed by atoms with Crippen LogP contribution < -0.4 is 10.2 Å². The standard InChI is InChI=1S/C14H20N4O3/c1-3-15-13(19)10-7-8-12(17-16-10)18-9-5-4-6-11(18)14(20)21-2/h7-8,11H,3-6,9H2,1-2H3,(H,15,19). The fraction of sp³-hybridized carbons (Fsp3) is 0.571. The van der Waals surface area contributed by atoms with Gasteiger partial charge < -0.3 is 15.0 Å². The molecule has 0 radical (unpaired) electrons. The molecular formula is C14H20N4O3. The quantitative estimate of drug-likeness (QED) is 0.825. The molecular weight excluding hydrogens is 272 g/mol. The summed E-state index contributed by atoms with van der Waals surface area (Å²) in [5.74, 6) is 0.0853. The molecule has 21 heavy (non-hydrogen) atoms. The van der Waals surface area contributed by atoms with Crippen LogP contribution >= 0.6 is 0 Å². The SMILES string of the molecule is CCNC(=O)c1ccc(N2CCCCC2C(=O)OC)nn1. The van der Waals surface area contributed by atoms with Crippen molar-refractivity contribution in [1.29, 1.82) is 0 Å². The van der Waals surface area contributed by atoms with E-state index in [1.165, 1.54) is 7.11 Å². The maximum Gasteiger partial charge on any atom is 0.328 e. The van der Waals surface area contributed by atoms with E-state index in [9.17, 15) is 9.59 Å². The molecule has 114 valence electrons. The molecule has 7 heteroatoms. The Labute approximate surface area is 123 Å². The number of nitrogens with one attached hydrogen (secondary N) is 1. The minimum Gasteiger partial charge on any atom is -0.467 e. The average Bonchev–Trinajstić information content (AvgIpc) is 2.54. The first kappa shape index (κ1) is 15.2. The highest BCUT2D eigenvalue weighted by atomic mass is 16.5. The molecule has 7 nitrogen and oxygen atoms in total. The van der Waals surface area contributed by atoms with Crippen LogP contribution in [0.3, 0.4) is 0 Å². The number of rotatable bonds is 4. The first-order valence-corrected chi connectivity index (χ1v) is 7.13. The fourth-order valence-corrected chi connectivity index (χ4v) is 2.44. The molecule has 2 rings (SSSR count). The van der Waals surface area contributed by atoms with Gasteiger partial charge in [0.15, 0.2) is 11.5 Å². The van der Waals surface area contributed by atoms with Gasteiger partial charge in [0.2, 0.25) is 0 Å². The van der Waals surface area contributed by atoms with Crippen molar-refractivity contribution < 1.29 is 14.3 Å². The molecule has 1 aliphatic rings. The summed E-state index contributed by atoms with van der Waals surface area (Å²) >= 11 is 0. The molecule has 1 aliphatic heterocycles. The van der Waals surface area contributed by atoms with Gasteiger partial charge in [-0.2, -0.15) is 0 Å². The number of piperidine rings is 1. The van der Waals surface area contributed by atoms with Crippen LogP contribution in [-0.2, 0) is 9.53 Å². The van der Waals surface area contributed by atoms with E-state index >= 15 is 0 Å². The van der Waals surface area contributed by atoms with Crippen LogP contribution in [0.2, 0.25) is 0 Å². The third-order valence-corrected chi connectivity index (χ3v) is 3.49. The summed E-state index contributed by atoms with van der Waals surface area (Å²) in [5, 5.41) is 10.7. The number of amides is 1. The lowest BCUT2D eigenvalue weighted by molar-refractivity contribution is -0.142. The van der Waals surface area contributed by atoms with Gasteiger partial charge in [-0.25, -0.2) is 4.79 Å². The number of esters is 1. The Morgan fingerprint density at radius 1 is 1.38 bits per heavy atom. The van der Waals surface area contributed by atoms with E-state index in [4.69, 9.17) is 4.74 Å². The first-order chi connectivity index (χ1) is 10.2. The summed E-state index contributed by atoms with van der Waals surface area (Å²) < 4.78 is 4.84. The van der Waals surface area contributed by atoms with Gasteiger partial charge in [0.1, 0.15) is 6.04 Å². The normalized spacial score (nSPS) is 18.2. The molecule has 1 aromatic rings. The largest absolute Gasteiger partial charge is 0.467 e. The van der Waals surface area contributed by atoms with Crippen LogP contribution in [0.4, 0.5) is 5.82 Å². The fourth-order valence-electron chi connectivity index (χ4n) is 2.44. The molecule has 1 fully saturated rings. The summed E-state index contributed by atoms with van der Waals surface area (Å²) in [6, 6.07) is 3.02. The van der Waals surface area contributed by atoms with E-state index in [-0.39, 0.29) is 23.6 Å². The van der Waals surface area contributed by atoms with E-state index in [0.717, 1.165) is 25.8 Å². The number of carbonyl (C=O) groups excluding carboxylic acids is 2.